The molecule has 1 amide bonds. The number of rotatable bonds is 3. The predicted octanol–water partition coefficient (Wildman–Crippen LogP) is 1.91. The van der Waals surface area contributed by atoms with E-state index in [0.29, 0.717) is 25.5 Å². The number of methoxy groups -OCH3 is 1. The number of benzene rings is 1. The van der Waals surface area contributed by atoms with Gasteiger partial charge in [-0.15, -0.1) is 0 Å². The summed E-state index contributed by atoms with van der Waals surface area (Å²) in [5.74, 6) is 1.41. The molecule has 4 rings (SSSR count). The molecule has 0 bridgehead atoms. The number of ether oxygens (including phenoxy) is 1. The van der Waals surface area contributed by atoms with Gasteiger partial charge in [-0.25, -0.2) is 0 Å². The summed E-state index contributed by atoms with van der Waals surface area (Å²) in [5, 5.41) is 1.14. The Bertz CT molecular complexity index is 1020. The van der Waals surface area contributed by atoms with Crippen molar-refractivity contribution in [2.75, 3.05) is 43.9 Å². The van der Waals surface area contributed by atoms with E-state index in [-0.39, 0.29) is 11.9 Å². The average molecular weight is 380 g/mol. The SMILES string of the molecule is COc1cc(N2CCCN(C(=O)c3ccc4ccn(C)c4c3)CC2)nc(N)n1. The molecular weight excluding hydrogens is 356 g/mol. The smallest absolute Gasteiger partial charge is 0.253 e. The minimum atomic E-state index is 0.0599. The molecule has 1 saturated heterocycles. The van der Waals surface area contributed by atoms with Crippen LogP contribution >= 0.6 is 0 Å². The highest BCUT2D eigenvalue weighted by Crippen LogP contribution is 2.21. The van der Waals surface area contributed by atoms with Gasteiger partial charge in [-0.1, -0.05) is 6.07 Å². The molecule has 3 aromatic rings. The summed E-state index contributed by atoms with van der Waals surface area (Å²) < 4.78 is 7.22. The highest BCUT2D eigenvalue weighted by molar-refractivity contribution is 5.98. The van der Waals surface area contributed by atoms with Gasteiger partial charge in [0.2, 0.25) is 11.8 Å². The number of carbonyl (C=O) groups excluding carboxylic acids is 1. The number of carbonyl (C=O) groups is 1. The van der Waals surface area contributed by atoms with Crippen molar-refractivity contribution in [2.45, 2.75) is 6.42 Å². The van der Waals surface area contributed by atoms with E-state index in [1.165, 1.54) is 0 Å². The fourth-order valence-electron chi connectivity index (χ4n) is 3.62. The minimum absolute atomic E-state index is 0.0599. The third-order valence-electron chi connectivity index (χ3n) is 5.16. The van der Waals surface area contributed by atoms with Gasteiger partial charge in [0.25, 0.3) is 5.91 Å². The maximum atomic E-state index is 13.1. The molecule has 0 aliphatic carbocycles. The molecule has 28 heavy (non-hydrogen) atoms. The average Bonchev–Trinajstić information content (AvgIpc) is 2.92. The van der Waals surface area contributed by atoms with Crippen molar-refractivity contribution in [3.63, 3.8) is 0 Å². The minimum Gasteiger partial charge on any atom is -0.481 e. The maximum Gasteiger partial charge on any atom is 0.253 e. The number of aryl methyl sites for hydroxylation is 1. The first-order chi connectivity index (χ1) is 13.5. The van der Waals surface area contributed by atoms with Gasteiger partial charge in [0.15, 0.2) is 0 Å². The molecule has 1 aromatic carbocycles. The number of fused-ring (bicyclic) bond motifs is 1. The number of nitrogen functional groups attached to an aromatic ring is 1. The van der Waals surface area contributed by atoms with Gasteiger partial charge in [-0.05, 0) is 30.0 Å². The second kappa shape index (κ2) is 7.38. The monoisotopic (exact) mass is 380 g/mol. The van der Waals surface area contributed by atoms with E-state index in [9.17, 15) is 4.79 Å². The Morgan fingerprint density at radius 2 is 1.96 bits per heavy atom. The Labute approximate surface area is 163 Å². The van der Waals surface area contributed by atoms with Crippen molar-refractivity contribution in [2.24, 2.45) is 7.05 Å². The quantitative estimate of drug-likeness (QED) is 0.747. The number of anilines is 2. The second-order valence-electron chi connectivity index (χ2n) is 6.96. The summed E-state index contributed by atoms with van der Waals surface area (Å²) in [6.45, 7) is 2.80. The Balaban J connectivity index is 1.50. The number of nitrogens with zero attached hydrogens (tertiary/aromatic N) is 5. The molecule has 2 N–H and O–H groups in total. The fraction of sp³-hybridized carbons (Fsp3) is 0.350. The van der Waals surface area contributed by atoms with Gasteiger partial charge >= 0.3 is 0 Å². The first-order valence-corrected chi connectivity index (χ1v) is 9.33. The molecule has 0 unspecified atom stereocenters. The van der Waals surface area contributed by atoms with Crippen molar-refractivity contribution in [3.05, 3.63) is 42.1 Å². The summed E-state index contributed by atoms with van der Waals surface area (Å²) in [4.78, 5) is 25.4. The van der Waals surface area contributed by atoms with E-state index < -0.39 is 0 Å². The van der Waals surface area contributed by atoms with Gasteiger partial charge in [0, 0.05) is 56.6 Å². The largest absolute Gasteiger partial charge is 0.481 e. The van der Waals surface area contributed by atoms with Gasteiger partial charge in [-0.3, -0.25) is 4.79 Å². The van der Waals surface area contributed by atoms with Crippen LogP contribution in [-0.4, -0.2) is 58.6 Å². The summed E-state index contributed by atoms with van der Waals surface area (Å²) in [6.07, 6.45) is 2.86. The van der Waals surface area contributed by atoms with Crippen LogP contribution in [0, 0.1) is 0 Å². The number of aromatic nitrogens is 3. The van der Waals surface area contributed by atoms with E-state index in [1.807, 2.05) is 40.9 Å². The maximum absolute atomic E-state index is 13.1. The molecule has 8 heteroatoms. The van der Waals surface area contributed by atoms with Crippen molar-refractivity contribution in [1.82, 2.24) is 19.4 Å². The Kier molecular flexibility index (Phi) is 4.77. The van der Waals surface area contributed by atoms with Crippen LogP contribution in [-0.2, 0) is 7.05 Å². The van der Waals surface area contributed by atoms with Crippen molar-refractivity contribution >= 4 is 28.6 Å². The van der Waals surface area contributed by atoms with Crippen molar-refractivity contribution < 1.29 is 9.53 Å². The van der Waals surface area contributed by atoms with Crippen molar-refractivity contribution in [1.29, 1.82) is 0 Å². The number of nitrogens with two attached hydrogens (primary N) is 1. The van der Waals surface area contributed by atoms with Crippen LogP contribution in [0.2, 0.25) is 0 Å². The summed E-state index contributed by atoms with van der Waals surface area (Å²) in [6, 6.07) is 9.70. The zero-order chi connectivity index (χ0) is 19.7. The lowest BCUT2D eigenvalue weighted by atomic mass is 10.1. The summed E-state index contributed by atoms with van der Waals surface area (Å²) in [7, 11) is 3.54. The van der Waals surface area contributed by atoms with E-state index in [4.69, 9.17) is 10.5 Å². The molecular formula is C20H24N6O2. The highest BCUT2D eigenvalue weighted by Gasteiger charge is 2.22. The topological polar surface area (TPSA) is 89.5 Å². The van der Waals surface area contributed by atoms with Crippen LogP contribution in [0.25, 0.3) is 10.9 Å². The lowest BCUT2D eigenvalue weighted by Gasteiger charge is -2.23. The molecule has 1 fully saturated rings. The molecule has 0 atom stereocenters. The van der Waals surface area contributed by atoms with Crippen LogP contribution < -0.4 is 15.4 Å². The second-order valence-corrected chi connectivity index (χ2v) is 6.96. The van der Waals surface area contributed by atoms with Crippen molar-refractivity contribution in [3.8, 4) is 5.88 Å². The van der Waals surface area contributed by atoms with Crippen LogP contribution in [0.4, 0.5) is 11.8 Å². The van der Waals surface area contributed by atoms with Gasteiger partial charge in [0.05, 0.1) is 7.11 Å². The lowest BCUT2D eigenvalue weighted by molar-refractivity contribution is 0.0767. The zero-order valence-corrected chi connectivity index (χ0v) is 16.1. The van der Waals surface area contributed by atoms with Crippen LogP contribution in [0.15, 0.2) is 36.5 Å². The molecule has 1 aliphatic rings. The normalized spacial score (nSPS) is 14.9. The van der Waals surface area contributed by atoms with E-state index >= 15 is 0 Å². The molecule has 0 spiro atoms. The predicted molar refractivity (Wildman–Crippen MR) is 109 cm³/mol. The molecule has 0 radical (unpaired) electrons. The third kappa shape index (κ3) is 3.45. The zero-order valence-electron chi connectivity index (χ0n) is 16.1. The molecule has 3 heterocycles. The summed E-state index contributed by atoms with van der Waals surface area (Å²) in [5.41, 5.74) is 7.56. The first kappa shape index (κ1) is 18.1. The van der Waals surface area contributed by atoms with E-state index in [2.05, 4.69) is 20.9 Å². The Hall–Kier alpha value is -3.29. The third-order valence-corrected chi connectivity index (χ3v) is 5.16. The van der Waals surface area contributed by atoms with E-state index in [0.717, 1.165) is 35.2 Å². The first-order valence-electron chi connectivity index (χ1n) is 9.33. The van der Waals surface area contributed by atoms with Gasteiger partial charge in [-0.2, -0.15) is 9.97 Å². The number of amides is 1. The molecule has 146 valence electrons. The number of hydrogen-bond donors (Lipinski definition) is 1. The molecule has 0 saturated carbocycles. The lowest BCUT2D eigenvalue weighted by Crippen LogP contribution is -2.35. The fourth-order valence-corrected chi connectivity index (χ4v) is 3.62. The van der Waals surface area contributed by atoms with Crippen LogP contribution in [0.1, 0.15) is 16.8 Å². The van der Waals surface area contributed by atoms with Gasteiger partial charge in [0.1, 0.15) is 5.82 Å². The van der Waals surface area contributed by atoms with Crippen LogP contribution in [0.5, 0.6) is 5.88 Å². The molecule has 2 aromatic heterocycles. The van der Waals surface area contributed by atoms with Gasteiger partial charge < -0.3 is 24.8 Å². The van der Waals surface area contributed by atoms with E-state index in [1.54, 1.807) is 13.2 Å². The van der Waals surface area contributed by atoms with Crippen LogP contribution in [0.3, 0.4) is 0 Å². The molecule has 8 nitrogen and oxygen atoms in total. The Morgan fingerprint density at radius 1 is 1.11 bits per heavy atom. The highest BCUT2D eigenvalue weighted by atomic mass is 16.5. The standard InChI is InChI=1S/C20H24N6O2/c1-24-9-6-14-4-5-15(12-16(14)24)19(27)26-8-3-7-25(10-11-26)17-13-18(28-2)23-20(21)22-17/h4-6,9,12-13H,3,7-8,10-11H2,1-2H3,(H2,21,22,23). The Morgan fingerprint density at radius 3 is 2.79 bits per heavy atom. The summed E-state index contributed by atoms with van der Waals surface area (Å²) >= 11 is 0. The molecule has 1 aliphatic heterocycles. The number of hydrogen-bond acceptors (Lipinski definition) is 6.